The smallest absolute Gasteiger partial charge is 0.267 e. The number of halogens is 1. The Balaban J connectivity index is 1.27. The van der Waals surface area contributed by atoms with Gasteiger partial charge in [-0.15, -0.1) is 0 Å². The molecule has 36 heavy (non-hydrogen) atoms. The van der Waals surface area contributed by atoms with E-state index in [9.17, 15) is 17.6 Å². The summed E-state index contributed by atoms with van der Waals surface area (Å²) in [5.41, 5.74) is 2.80. The summed E-state index contributed by atoms with van der Waals surface area (Å²) in [6.07, 6.45) is 6.38. The Morgan fingerprint density at radius 3 is 2.50 bits per heavy atom. The van der Waals surface area contributed by atoms with E-state index in [0.717, 1.165) is 43.3 Å². The molecular formula is C27H28FN3O4S. The molecule has 1 aliphatic carbocycles. The topological polar surface area (TPSA) is 88.6 Å². The summed E-state index contributed by atoms with van der Waals surface area (Å²) < 4.78 is 45.5. The molecule has 2 aromatic carbocycles. The van der Waals surface area contributed by atoms with Gasteiger partial charge in [0.05, 0.1) is 24.5 Å². The number of rotatable bonds is 9. The Morgan fingerprint density at radius 2 is 1.86 bits per heavy atom. The van der Waals surface area contributed by atoms with Gasteiger partial charge in [0, 0.05) is 37.5 Å². The Kier molecular flexibility index (Phi) is 6.77. The maximum absolute atomic E-state index is 14.8. The van der Waals surface area contributed by atoms with E-state index in [1.54, 1.807) is 6.20 Å². The van der Waals surface area contributed by atoms with E-state index in [4.69, 9.17) is 4.74 Å². The zero-order valence-corrected chi connectivity index (χ0v) is 20.7. The second kappa shape index (κ2) is 9.99. The van der Waals surface area contributed by atoms with E-state index in [1.807, 2.05) is 35.2 Å². The minimum atomic E-state index is -3.79. The van der Waals surface area contributed by atoms with Crippen LogP contribution in [0.1, 0.15) is 51.8 Å². The average Bonchev–Trinajstić information content (AvgIpc) is 3.66. The van der Waals surface area contributed by atoms with Gasteiger partial charge < -0.3 is 4.74 Å². The van der Waals surface area contributed by atoms with Crippen LogP contribution in [-0.2, 0) is 10.0 Å². The second-order valence-corrected chi connectivity index (χ2v) is 11.3. The van der Waals surface area contributed by atoms with Crippen molar-refractivity contribution in [1.29, 1.82) is 0 Å². The fourth-order valence-corrected chi connectivity index (χ4v) is 5.18. The number of carbonyl (C=O) groups excluding carboxylic acids is 1. The monoisotopic (exact) mass is 509 g/mol. The van der Waals surface area contributed by atoms with Crippen LogP contribution in [0.15, 0.2) is 67.0 Å². The first kappa shape index (κ1) is 24.4. The predicted octanol–water partition coefficient (Wildman–Crippen LogP) is 3.89. The van der Waals surface area contributed by atoms with Crippen LogP contribution < -0.4 is 9.46 Å². The number of aromatic nitrogens is 1. The first-order chi connectivity index (χ1) is 17.3. The summed E-state index contributed by atoms with van der Waals surface area (Å²) in [4.78, 5) is 18.9. The number of sulfonamides is 1. The van der Waals surface area contributed by atoms with Gasteiger partial charge >= 0.3 is 0 Å². The van der Waals surface area contributed by atoms with Crippen LogP contribution in [0.4, 0.5) is 4.39 Å². The standard InChI is InChI=1S/C27H28FN3O4S/c1-36(33,34)30-27(32)23-12-22(19-9-10-19)25(13-24(23)28)35-17-18-15-31(16-18)26(20-6-3-2-4-7-20)21-8-5-11-29-14-21/h2-8,11-14,18-19,26H,9-10,15-17H2,1H3,(H,30,32). The molecule has 5 rings (SSSR count). The lowest BCUT2D eigenvalue weighted by molar-refractivity contribution is 0.0374. The molecule has 7 nitrogen and oxygen atoms in total. The molecule has 9 heteroatoms. The van der Waals surface area contributed by atoms with E-state index >= 15 is 0 Å². The number of pyridine rings is 1. The zero-order valence-electron chi connectivity index (χ0n) is 19.9. The zero-order chi connectivity index (χ0) is 25.3. The maximum atomic E-state index is 14.8. The normalized spacial score (nSPS) is 17.3. The minimum absolute atomic E-state index is 0.100. The summed E-state index contributed by atoms with van der Waals surface area (Å²) in [7, 11) is -3.79. The summed E-state index contributed by atoms with van der Waals surface area (Å²) in [5, 5.41) is 0. The van der Waals surface area contributed by atoms with Gasteiger partial charge in [0.25, 0.3) is 5.91 Å². The van der Waals surface area contributed by atoms with Crippen LogP contribution in [0.25, 0.3) is 0 Å². The Hall–Kier alpha value is -3.30. The number of likely N-dealkylation sites (tertiary alicyclic amines) is 1. The van der Waals surface area contributed by atoms with Crippen molar-refractivity contribution in [3.05, 3.63) is 95.1 Å². The van der Waals surface area contributed by atoms with Crippen molar-refractivity contribution in [2.75, 3.05) is 26.0 Å². The molecule has 1 unspecified atom stereocenters. The maximum Gasteiger partial charge on any atom is 0.267 e. The Morgan fingerprint density at radius 1 is 1.14 bits per heavy atom. The lowest BCUT2D eigenvalue weighted by atomic mass is 9.91. The number of hydrogen-bond acceptors (Lipinski definition) is 6. The number of hydrogen-bond donors (Lipinski definition) is 1. The second-order valence-electron chi connectivity index (χ2n) is 9.58. The first-order valence-corrected chi connectivity index (χ1v) is 13.8. The molecule has 0 radical (unpaired) electrons. The molecule has 2 aliphatic rings. The summed E-state index contributed by atoms with van der Waals surface area (Å²) in [6, 6.07) is 17.1. The number of carbonyl (C=O) groups is 1. The van der Waals surface area contributed by atoms with Gasteiger partial charge in [-0.1, -0.05) is 36.4 Å². The van der Waals surface area contributed by atoms with Crippen LogP contribution >= 0.6 is 0 Å². The van der Waals surface area contributed by atoms with E-state index < -0.39 is 21.7 Å². The van der Waals surface area contributed by atoms with Crippen LogP contribution in [0.5, 0.6) is 5.75 Å². The van der Waals surface area contributed by atoms with E-state index in [0.29, 0.717) is 12.4 Å². The van der Waals surface area contributed by atoms with Crippen LogP contribution in [-0.4, -0.2) is 50.2 Å². The number of benzene rings is 2. The van der Waals surface area contributed by atoms with Gasteiger partial charge in [-0.3, -0.25) is 14.7 Å². The fourth-order valence-electron chi connectivity index (χ4n) is 4.73. The molecule has 1 amide bonds. The van der Waals surface area contributed by atoms with Crippen molar-refractivity contribution in [3.63, 3.8) is 0 Å². The van der Waals surface area contributed by atoms with Gasteiger partial charge in [-0.05, 0) is 47.6 Å². The molecule has 1 N–H and O–H groups in total. The van der Waals surface area contributed by atoms with Crippen molar-refractivity contribution in [1.82, 2.24) is 14.6 Å². The molecule has 0 bridgehead atoms. The predicted molar refractivity (Wildman–Crippen MR) is 134 cm³/mol. The van der Waals surface area contributed by atoms with Crippen molar-refractivity contribution >= 4 is 15.9 Å². The summed E-state index contributed by atoms with van der Waals surface area (Å²) in [6.45, 7) is 2.08. The third-order valence-corrected chi connectivity index (χ3v) is 7.14. The third kappa shape index (κ3) is 5.57. The van der Waals surface area contributed by atoms with Crippen LogP contribution in [0.2, 0.25) is 0 Å². The van der Waals surface area contributed by atoms with Gasteiger partial charge in [-0.25, -0.2) is 17.5 Å². The molecule has 188 valence electrons. The van der Waals surface area contributed by atoms with Gasteiger partial charge in [0.1, 0.15) is 11.6 Å². The highest BCUT2D eigenvalue weighted by atomic mass is 32.2. The largest absolute Gasteiger partial charge is 0.493 e. The highest BCUT2D eigenvalue weighted by Gasteiger charge is 2.35. The molecule has 2 fully saturated rings. The van der Waals surface area contributed by atoms with E-state index in [-0.39, 0.29) is 23.4 Å². The number of amides is 1. The summed E-state index contributed by atoms with van der Waals surface area (Å²) in [5.74, 6) is -0.879. The number of ether oxygens (including phenoxy) is 1. The minimum Gasteiger partial charge on any atom is -0.493 e. The third-order valence-electron chi connectivity index (χ3n) is 6.58. The lowest BCUT2D eigenvalue weighted by Crippen LogP contribution is -2.51. The van der Waals surface area contributed by atoms with Crippen molar-refractivity contribution < 1.29 is 22.3 Å². The summed E-state index contributed by atoms with van der Waals surface area (Å²) >= 11 is 0. The molecule has 2 heterocycles. The van der Waals surface area contributed by atoms with Gasteiger partial charge in [-0.2, -0.15) is 0 Å². The van der Waals surface area contributed by atoms with Crippen molar-refractivity contribution in [2.24, 2.45) is 5.92 Å². The van der Waals surface area contributed by atoms with Crippen molar-refractivity contribution in [2.45, 2.75) is 24.8 Å². The van der Waals surface area contributed by atoms with Crippen LogP contribution in [0.3, 0.4) is 0 Å². The molecule has 1 aliphatic heterocycles. The molecule has 1 saturated carbocycles. The molecule has 0 spiro atoms. The highest BCUT2D eigenvalue weighted by Crippen LogP contribution is 2.45. The van der Waals surface area contributed by atoms with Crippen LogP contribution in [0, 0.1) is 11.7 Å². The van der Waals surface area contributed by atoms with Crippen molar-refractivity contribution in [3.8, 4) is 5.75 Å². The first-order valence-electron chi connectivity index (χ1n) is 12.0. The number of nitrogens with one attached hydrogen (secondary N) is 1. The number of nitrogens with zero attached hydrogens (tertiary/aromatic N) is 2. The molecule has 1 atom stereocenters. The average molecular weight is 510 g/mol. The van der Waals surface area contributed by atoms with E-state index in [2.05, 4.69) is 28.1 Å². The van der Waals surface area contributed by atoms with Gasteiger partial charge in [0.2, 0.25) is 10.0 Å². The van der Waals surface area contributed by atoms with Gasteiger partial charge in [0.15, 0.2) is 0 Å². The fraction of sp³-hybridized carbons (Fsp3) is 0.333. The highest BCUT2D eigenvalue weighted by molar-refractivity contribution is 7.89. The Labute approximate surface area is 210 Å². The molecule has 1 aromatic heterocycles. The Bertz CT molecular complexity index is 1300. The SMILES string of the molecule is CS(=O)(=O)NC(=O)c1cc(C2CC2)c(OCC2CN(C(c3ccccc3)c3cccnc3)C2)cc1F. The quantitative estimate of drug-likeness (QED) is 0.471. The molecule has 3 aromatic rings. The lowest BCUT2D eigenvalue weighted by Gasteiger charge is -2.44. The molecule has 1 saturated heterocycles. The molecular weight excluding hydrogens is 481 g/mol. The van der Waals surface area contributed by atoms with E-state index in [1.165, 1.54) is 17.7 Å².